The summed E-state index contributed by atoms with van der Waals surface area (Å²) in [6.07, 6.45) is 4.57. The van der Waals surface area contributed by atoms with Gasteiger partial charge >= 0.3 is 6.01 Å². The minimum atomic E-state index is -0.657. The summed E-state index contributed by atoms with van der Waals surface area (Å²) in [6, 6.07) is 8.56. The molecule has 1 atom stereocenters. The van der Waals surface area contributed by atoms with Crippen LogP contribution in [0.5, 0.6) is 11.8 Å². The molecule has 1 aliphatic carbocycles. The van der Waals surface area contributed by atoms with Crippen molar-refractivity contribution in [1.29, 1.82) is 0 Å². The molecule has 11 heteroatoms. The Morgan fingerprint density at radius 3 is 2.62 bits per heavy atom. The van der Waals surface area contributed by atoms with Crippen LogP contribution in [0, 0.1) is 18.2 Å². The highest BCUT2D eigenvalue weighted by atomic mass is 35.5. The lowest BCUT2D eigenvalue weighted by Crippen LogP contribution is -2.22. The van der Waals surface area contributed by atoms with Gasteiger partial charge in [-0.2, -0.15) is 4.98 Å². The molecule has 3 heterocycles. The number of benzene rings is 2. The number of hydrogen-bond donors (Lipinski definition) is 0. The number of ether oxygens (including phenoxy) is 2. The Morgan fingerprint density at radius 1 is 1.18 bits per heavy atom. The molecule has 40 heavy (non-hydrogen) atoms. The van der Waals surface area contributed by atoms with E-state index in [1.165, 1.54) is 25.6 Å². The smallest absolute Gasteiger partial charge is 0.316 e. The Balaban J connectivity index is 1.20. The molecule has 2 aromatic heterocycles. The van der Waals surface area contributed by atoms with E-state index in [1.54, 1.807) is 19.1 Å². The predicted octanol–water partition coefficient (Wildman–Crippen LogP) is 5.79. The van der Waals surface area contributed by atoms with E-state index in [0.29, 0.717) is 47.8 Å². The molecule has 0 spiro atoms. The van der Waals surface area contributed by atoms with Gasteiger partial charge < -0.3 is 14.0 Å². The number of carbonyl (C=O) groups excluding carboxylic acids is 2. The fourth-order valence-corrected chi connectivity index (χ4v) is 5.37. The van der Waals surface area contributed by atoms with E-state index >= 15 is 4.39 Å². The van der Waals surface area contributed by atoms with Crippen LogP contribution in [0.4, 0.5) is 4.39 Å². The van der Waals surface area contributed by atoms with Gasteiger partial charge in [0.05, 0.1) is 24.8 Å². The second kappa shape index (κ2) is 10.1. The molecule has 0 N–H and O–H groups in total. The van der Waals surface area contributed by atoms with Crippen LogP contribution in [-0.4, -0.2) is 45.4 Å². The lowest BCUT2D eigenvalue weighted by Gasteiger charge is -2.16. The van der Waals surface area contributed by atoms with Crippen molar-refractivity contribution in [3.05, 3.63) is 70.6 Å². The summed E-state index contributed by atoms with van der Waals surface area (Å²) in [4.78, 5) is 38.4. The van der Waals surface area contributed by atoms with Gasteiger partial charge in [-0.25, -0.2) is 14.4 Å². The van der Waals surface area contributed by atoms with Crippen molar-refractivity contribution in [2.45, 2.75) is 38.5 Å². The van der Waals surface area contributed by atoms with Crippen molar-refractivity contribution >= 4 is 23.2 Å². The Kier molecular flexibility index (Phi) is 6.58. The summed E-state index contributed by atoms with van der Waals surface area (Å²) in [5, 5.41) is 4.11. The zero-order chi connectivity index (χ0) is 28.0. The molecule has 1 fully saturated rings. The number of hydrogen-bond acceptors (Lipinski definition) is 9. The van der Waals surface area contributed by atoms with E-state index in [0.717, 1.165) is 5.56 Å². The molecule has 0 amide bonds. The van der Waals surface area contributed by atoms with Gasteiger partial charge in [0.15, 0.2) is 5.78 Å². The van der Waals surface area contributed by atoms with Crippen molar-refractivity contribution in [2.75, 3.05) is 13.7 Å². The van der Waals surface area contributed by atoms with Crippen LogP contribution in [-0.2, 0) is 4.79 Å². The first-order chi connectivity index (χ1) is 19.3. The molecule has 0 saturated heterocycles. The standard InChI is InChI=1S/C29H24ClFN4O5/c1-15-34-27(35-40-15)26-21(9-19(30)10-22(26)31)16-3-4-20-17(14-39-24(20)7-16)8-25(37)29(5-6-29)11-23(36)18-12-32-28(38-2)33-13-18/h3-4,7,9-10,12-13,17H,5-6,8,11,14H2,1-2H3. The quantitative estimate of drug-likeness (QED) is 0.233. The summed E-state index contributed by atoms with van der Waals surface area (Å²) in [5.74, 6) is 0.212. The number of aromatic nitrogens is 4. The van der Waals surface area contributed by atoms with Crippen molar-refractivity contribution in [3.63, 3.8) is 0 Å². The zero-order valence-electron chi connectivity index (χ0n) is 21.7. The number of rotatable bonds is 9. The molecule has 0 radical (unpaired) electrons. The Labute approximate surface area is 233 Å². The minimum Gasteiger partial charge on any atom is -0.493 e. The number of halogens is 2. The van der Waals surface area contributed by atoms with E-state index in [9.17, 15) is 9.59 Å². The first-order valence-electron chi connectivity index (χ1n) is 12.8. The molecule has 9 nitrogen and oxygen atoms in total. The molecule has 2 aromatic carbocycles. The lowest BCUT2D eigenvalue weighted by atomic mass is 9.85. The zero-order valence-corrected chi connectivity index (χ0v) is 22.5. The maximum absolute atomic E-state index is 15.0. The first kappa shape index (κ1) is 26.1. The highest BCUT2D eigenvalue weighted by Gasteiger charge is 2.51. The van der Waals surface area contributed by atoms with Gasteiger partial charge in [-0.05, 0) is 42.2 Å². The molecule has 1 unspecified atom stereocenters. The third-order valence-electron chi connectivity index (χ3n) is 7.52. The first-order valence-corrected chi connectivity index (χ1v) is 13.1. The largest absolute Gasteiger partial charge is 0.493 e. The maximum atomic E-state index is 15.0. The van der Waals surface area contributed by atoms with Gasteiger partial charge in [0.2, 0.25) is 11.7 Å². The number of nitrogens with zero attached hydrogens (tertiary/aromatic N) is 4. The van der Waals surface area contributed by atoms with Crippen LogP contribution in [0.25, 0.3) is 22.5 Å². The monoisotopic (exact) mass is 562 g/mol. The molecule has 0 bridgehead atoms. The number of ketones is 2. The van der Waals surface area contributed by atoms with E-state index in [1.807, 2.05) is 12.1 Å². The summed E-state index contributed by atoms with van der Waals surface area (Å²) in [6.45, 7) is 1.96. The van der Waals surface area contributed by atoms with E-state index in [2.05, 4.69) is 20.1 Å². The molecular weight excluding hydrogens is 539 g/mol. The van der Waals surface area contributed by atoms with Gasteiger partial charge in [-0.1, -0.05) is 28.9 Å². The van der Waals surface area contributed by atoms with Crippen LogP contribution in [0.15, 0.2) is 47.2 Å². The van der Waals surface area contributed by atoms with Gasteiger partial charge in [-0.15, -0.1) is 0 Å². The van der Waals surface area contributed by atoms with Gasteiger partial charge in [0.25, 0.3) is 0 Å². The van der Waals surface area contributed by atoms with Crippen LogP contribution in [0.1, 0.15) is 53.4 Å². The Hall–Kier alpha value is -4.18. The van der Waals surface area contributed by atoms with Crippen molar-refractivity contribution < 1.29 is 28.0 Å². The van der Waals surface area contributed by atoms with Crippen molar-refractivity contribution in [3.8, 4) is 34.3 Å². The highest BCUT2D eigenvalue weighted by molar-refractivity contribution is 6.31. The summed E-state index contributed by atoms with van der Waals surface area (Å²) in [5.41, 5.74) is 1.92. The number of methoxy groups -OCH3 is 1. The Bertz CT molecular complexity index is 1630. The number of fused-ring (bicyclic) bond motifs is 1. The van der Waals surface area contributed by atoms with E-state index in [-0.39, 0.29) is 52.7 Å². The van der Waals surface area contributed by atoms with Gasteiger partial charge in [0, 0.05) is 54.1 Å². The maximum Gasteiger partial charge on any atom is 0.316 e. The fourth-order valence-electron chi connectivity index (χ4n) is 5.16. The molecule has 1 aliphatic heterocycles. The second-order valence-electron chi connectivity index (χ2n) is 10.2. The Morgan fingerprint density at radius 2 is 1.95 bits per heavy atom. The van der Waals surface area contributed by atoms with Crippen LogP contribution in [0.3, 0.4) is 0 Å². The van der Waals surface area contributed by atoms with Crippen LogP contribution in [0.2, 0.25) is 5.02 Å². The van der Waals surface area contributed by atoms with Crippen molar-refractivity contribution in [2.24, 2.45) is 5.41 Å². The third-order valence-corrected chi connectivity index (χ3v) is 7.74. The van der Waals surface area contributed by atoms with Gasteiger partial charge in [-0.3, -0.25) is 9.59 Å². The average molecular weight is 563 g/mol. The van der Waals surface area contributed by atoms with Crippen LogP contribution >= 0.6 is 11.6 Å². The molecule has 2 aliphatic rings. The average Bonchev–Trinajstić information content (AvgIpc) is 3.43. The van der Waals surface area contributed by atoms with E-state index in [4.69, 9.17) is 25.6 Å². The number of Topliss-reactive ketones (excluding diaryl/α,β-unsaturated/α-hetero) is 2. The SMILES string of the molecule is COc1ncc(C(=O)CC2(C(=O)CC3COc4cc(-c5cc(Cl)cc(F)c5-c5noc(C)n5)ccc43)CC2)cn1. The highest BCUT2D eigenvalue weighted by Crippen LogP contribution is 2.53. The second-order valence-corrected chi connectivity index (χ2v) is 10.6. The predicted molar refractivity (Wildman–Crippen MR) is 142 cm³/mol. The van der Waals surface area contributed by atoms with E-state index < -0.39 is 11.2 Å². The molecule has 204 valence electrons. The fraction of sp³-hybridized carbons (Fsp3) is 0.310. The van der Waals surface area contributed by atoms with Gasteiger partial charge in [0.1, 0.15) is 17.3 Å². The molecule has 1 saturated carbocycles. The summed E-state index contributed by atoms with van der Waals surface area (Å²) < 4.78 is 31.0. The van der Waals surface area contributed by atoms with Crippen LogP contribution < -0.4 is 9.47 Å². The summed E-state index contributed by atoms with van der Waals surface area (Å²) >= 11 is 6.19. The molecule has 4 aromatic rings. The normalized spacial score (nSPS) is 16.8. The number of carbonyl (C=O) groups is 2. The molecular formula is C29H24ClFN4O5. The summed E-state index contributed by atoms with van der Waals surface area (Å²) in [7, 11) is 1.45. The minimum absolute atomic E-state index is 0.0486. The number of aryl methyl sites for hydroxylation is 1. The van der Waals surface area contributed by atoms with Crippen molar-refractivity contribution in [1.82, 2.24) is 20.1 Å². The third kappa shape index (κ3) is 4.83. The topological polar surface area (TPSA) is 117 Å². The molecule has 6 rings (SSSR count). The lowest BCUT2D eigenvalue weighted by molar-refractivity contribution is -0.124.